The number of ether oxygens (including phenoxy) is 2. The highest BCUT2D eigenvalue weighted by atomic mass is 32.1. The van der Waals surface area contributed by atoms with Crippen LogP contribution >= 0.6 is 11.3 Å². The largest absolute Gasteiger partial charge is 0.496 e. The molecule has 2 aromatic carbocycles. The van der Waals surface area contributed by atoms with Crippen LogP contribution in [-0.2, 0) is 16.0 Å². The maximum Gasteiger partial charge on any atom is 0.231 e. The molecule has 0 aliphatic carbocycles. The van der Waals surface area contributed by atoms with E-state index in [1.807, 2.05) is 55.5 Å². The molecule has 8 nitrogen and oxygen atoms in total. The average molecular weight is 453 g/mol. The molecule has 3 aromatic rings. The number of carbonyl (C=O) groups excluding carboxylic acids is 2. The topological polar surface area (TPSA) is 93.7 Å². The van der Waals surface area contributed by atoms with Gasteiger partial charge in [-0.2, -0.15) is 0 Å². The van der Waals surface area contributed by atoms with Gasteiger partial charge >= 0.3 is 0 Å². The molecule has 1 aromatic heterocycles. The minimum absolute atomic E-state index is 0.0802. The van der Waals surface area contributed by atoms with Crippen molar-refractivity contribution in [3.05, 3.63) is 59.1 Å². The molecule has 1 atom stereocenters. The fourth-order valence-electron chi connectivity index (χ4n) is 3.62. The molecule has 1 saturated heterocycles. The van der Waals surface area contributed by atoms with Crippen molar-refractivity contribution in [3.63, 3.8) is 0 Å². The van der Waals surface area contributed by atoms with Crippen molar-refractivity contribution >= 4 is 34.0 Å². The zero-order valence-electron chi connectivity index (χ0n) is 17.9. The molecule has 9 heteroatoms. The predicted molar refractivity (Wildman–Crippen MR) is 122 cm³/mol. The summed E-state index contributed by atoms with van der Waals surface area (Å²) < 4.78 is 10.8. The number of aromatic nitrogens is 2. The number of carbonyl (C=O) groups is 2. The number of rotatable bonds is 8. The van der Waals surface area contributed by atoms with Crippen molar-refractivity contribution in [1.29, 1.82) is 0 Å². The molecule has 1 fully saturated rings. The van der Waals surface area contributed by atoms with Crippen LogP contribution in [0.5, 0.6) is 11.5 Å². The second-order valence-electron chi connectivity index (χ2n) is 7.31. The number of hydrogen-bond donors (Lipinski definition) is 1. The van der Waals surface area contributed by atoms with E-state index in [1.54, 1.807) is 12.0 Å². The van der Waals surface area contributed by atoms with Gasteiger partial charge in [0.2, 0.25) is 16.9 Å². The van der Waals surface area contributed by atoms with Crippen LogP contribution in [0.15, 0.2) is 48.5 Å². The SMILES string of the molecule is CCOc1ccc(N2C[C@@H](C(=O)Nc3nnc(Cc4ccccc4OC)s3)CC2=O)cc1. The van der Waals surface area contributed by atoms with E-state index in [0.29, 0.717) is 24.7 Å². The van der Waals surface area contributed by atoms with Crippen LogP contribution in [-0.4, -0.2) is 42.3 Å². The lowest BCUT2D eigenvalue weighted by atomic mass is 10.1. The summed E-state index contributed by atoms with van der Waals surface area (Å²) in [6.45, 7) is 2.82. The van der Waals surface area contributed by atoms with Crippen LogP contribution in [0.25, 0.3) is 0 Å². The maximum atomic E-state index is 12.8. The van der Waals surface area contributed by atoms with Crippen LogP contribution < -0.4 is 19.7 Å². The van der Waals surface area contributed by atoms with Crippen molar-refractivity contribution in [3.8, 4) is 11.5 Å². The summed E-state index contributed by atoms with van der Waals surface area (Å²) >= 11 is 1.32. The predicted octanol–water partition coefficient (Wildman–Crippen LogP) is 3.53. The van der Waals surface area contributed by atoms with E-state index in [-0.39, 0.29) is 18.2 Å². The number of hydrogen-bond acceptors (Lipinski definition) is 7. The number of methoxy groups -OCH3 is 1. The van der Waals surface area contributed by atoms with Crippen LogP contribution in [0, 0.1) is 5.92 Å². The normalized spacial score (nSPS) is 15.6. The molecule has 1 aliphatic rings. The summed E-state index contributed by atoms with van der Waals surface area (Å²) in [5, 5.41) is 12.3. The van der Waals surface area contributed by atoms with E-state index < -0.39 is 5.92 Å². The fraction of sp³-hybridized carbons (Fsp3) is 0.304. The molecule has 2 heterocycles. The number of nitrogens with one attached hydrogen (secondary N) is 1. The highest BCUT2D eigenvalue weighted by molar-refractivity contribution is 7.15. The van der Waals surface area contributed by atoms with Crippen molar-refractivity contribution < 1.29 is 19.1 Å². The zero-order chi connectivity index (χ0) is 22.5. The van der Waals surface area contributed by atoms with E-state index >= 15 is 0 Å². The third-order valence-electron chi connectivity index (χ3n) is 5.19. The Morgan fingerprint density at radius 2 is 1.97 bits per heavy atom. The summed E-state index contributed by atoms with van der Waals surface area (Å²) in [6.07, 6.45) is 0.719. The van der Waals surface area contributed by atoms with Gasteiger partial charge in [0.05, 0.1) is 19.6 Å². The van der Waals surface area contributed by atoms with Gasteiger partial charge in [0.15, 0.2) is 0 Å². The molecule has 0 spiro atoms. The maximum absolute atomic E-state index is 12.8. The second-order valence-corrected chi connectivity index (χ2v) is 8.37. The monoisotopic (exact) mass is 452 g/mol. The molecule has 0 saturated carbocycles. The van der Waals surface area contributed by atoms with Gasteiger partial charge in [0.1, 0.15) is 16.5 Å². The Balaban J connectivity index is 1.37. The molecule has 166 valence electrons. The van der Waals surface area contributed by atoms with E-state index in [2.05, 4.69) is 15.5 Å². The van der Waals surface area contributed by atoms with Crippen LogP contribution in [0.4, 0.5) is 10.8 Å². The molecule has 1 N–H and O–H groups in total. The zero-order valence-corrected chi connectivity index (χ0v) is 18.7. The van der Waals surface area contributed by atoms with Crippen molar-refractivity contribution in [2.75, 3.05) is 30.5 Å². The molecule has 0 bridgehead atoms. The highest BCUT2D eigenvalue weighted by Crippen LogP contribution is 2.29. The summed E-state index contributed by atoms with van der Waals surface area (Å²) in [5.41, 5.74) is 1.75. The summed E-state index contributed by atoms with van der Waals surface area (Å²) in [7, 11) is 1.63. The van der Waals surface area contributed by atoms with Gasteiger partial charge in [-0.05, 0) is 37.3 Å². The Kier molecular flexibility index (Phi) is 6.65. The molecule has 0 unspecified atom stereocenters. The lowest BCUT2D eigenvalue weighted by Crippen LogP contribution is -2.28. The summed E-state index contributed by atoms with van der Waals surface area (Å²) in [5.74, 6) is 0.773. The number of nitrogens with zero attached hydrogens (tertiary/aromatic N) is 3. The Morgan fingerprint density at radius 1 is 1.19 bits per heavy atom. The Bertz CT molecular complexity index is 1100. The van der Waals surface area contributed by atoms with Crippen LogP contribution in [0.3, 0.4) is 0 Å². The minimum Gasteiger partial charge on any atom is -0.496 e. The van der Waals surface area contributed by atoms with E-state index in [0.717, 1.165) is 27.8 Å². The van der Waals surface area contributed by atoms with Crippen molar-refractivity contribution in [2.45, 2.75) is 19.8 Å². The van der Waals surface area contributed by atoms with Crippen LogP contribution in [0.2, 0.25) is 0 Å². The van der Waals surface area contributed by atoms with Crippen LogP contribution in [0.1, 0.15) is 23.9 Å². The highest BCUT2D eigenvalue weighted by Gasteiger charge is 2.35. The average Bonchev–Trinajstić information content (AvgIpc) is 3.41. The molecule has 0 radical (unpaired) electrons. The molecule has 32 heavy (non-hydrogen) atoms. The Labute approximate surface area is 190 Å². The first-order chi connectivity index (χ1) is 15.6. The van der Waals surface area contributed by atoms with Crippen molar-refractivity contribution in [1.82, 2.24) is 10.2 Å². The van der Waals surface area contributed by atoms with E-state index in [1.165, 1.54) is 11.3 Å². The smallest absolute Gasteiger partial charge is 0.231 e. The van der Waals surface area contributed by atoms with Gasteiger partial charge in [-0.3, -0.25) is 9.59 Å². The summed E-state index contributed by atoms with van der Waals surface area (Å²) in [4.78, 5) is 26.9. The van der Waals surface area contributed by atoms with Gasteiger partial charge in [0.25, 0.3) is 0 Å². The number of amides is 2. The third-order valence-corrected chi connectivity index (χ3v) is 6.03. The Morgan fingerprint density at radius 3 is 2.72 bits per heavy atom. The molecule has 1 aliphatic heterocycles. The van der Waals surface area contributed by atoms with Gasteiger partial charge in [-0.25, -0.2) is 0 Å². The minimum atomic E-state index is -0.448. The van der Waals surface area contributed by atoms with Gasteiger partial charge in [-0.1, -0.05) is 29.5 Å². The molecular formula is C23H24N4O4S. The number of anilines is 2. The summed E-state index contributed by atoms with van der Waals surface area (Å²) in [6, 6.07) is 15.0. The first-order valence-electron chi connectivity index (χ1n) is 10.4. The first-order valence-corrected chi connectivity index (χ1v) is 11.2. The number of para-hydroxylation sites is 1. The third kappa shape index (κ3) is 4.88. The van der Waals surface area contributed by atoms with Gasteiger partial charge in [-0.15, -0.1) is 10.2 Å². The number of benzene rings is 2. The Hall–Kier alpha value is -3.46. The van der Waals surface area contributed by atoms with Crippen molar-refractivity contribution in [2.24, 2.45) is 5.92 Å². The van der Waals surface area contributed by atoms with Gasteiger partial charge in [0, 0.05) is 30.6 Å². The van der Waals surface area contributed by atoms with E-state index in [4.69, 9.17) is 9.47 Å². The molecular weight excluding hydrogens is 428 g/mol. The first kappa shape index (κ1) is 21.8. The quantitative estimate of drug-likeness (QED) is 0.562. The fourth-order valence-corrected chi connectivity index (χ4v) is 4.38. The second kappa shape index (κ2) is 9.78. The lowest BCUT2D eigenvalue weighted by Gasteiger charge is -2.17. The van der Waals surface area contributed by atoms with E-state index in [9.17, 15) is 9.59 Å². The molecule has 2 amide bonds. The van der Waals surface area contributed by atoms with Gasteiger partial charge < -0.3 is 19.7 Å². The standard InChI is InChI=1S/C23H24N4O4S/c1-3-31-18-10-8-17(9-11-18)27-14-16(13-21(27)28)22(29)24-23-26-25-20(32-23)12-15-6-4-5-7-19(15)30-2/h4-11,16H,3,12-14H2,1-2H3,(H,24,26,29)/t16-/m0/s1. The molecule has 4 rings (SSSR count). The lowest BCUT2D eigenvalue weighted by molar-refractivity contribution is -0.122.